The number of amides is 2. The van der Waals surface area contributed by atoms with Crippen LogP contribution in [0.25, 0.3) is 0 Å². The van der Waals surface area contributed by atoms with Crippen LogP contribution in [-0.4, -0.2) is 53.6 Å². The Labute approximate surface area is 193 Å². The molecule has 0 atom stereocenters. The lowest BCUT2D eigenvalue weighted by atomic mass is 9.60. The minimum absolute atomic E-state index is 0.0857. The van der Waals surface area contributed by atoms with E-state index in [2.05, 4.69) is 0 Å². The molecule has 0 radical (unpaired) electrons. The summed E-state index contributed by atoms with van der Waals surface area (Å²) >= 11 is 0. The monoisotopic (exact) mass is 438 g/mol. The molecule has 2 aliphatic rings. The summed E-state index contributed by atoms with van der Waals surface area (Å²) < 4.78 is 0. The quantitative estimate of drug-likeness (QED) is 0.625. The Kier molecular flexibility index (Phi) is 5.12. The Morgan fingerprint density at radius 3 is 1.45 bits per heavy atom. The van der Waals surface area contributed by atoms with E-state index in [1.54, 1.807) is 34.1 Å². The molecule has 3 aromatic rings. The molecule has 2 saturated heterocycles. The minimum atomic E-state index is -0.971. The van der Waals surface area contributed by atoms with Crippen LogP contribution in [0.3, 0.4) is 0 Å². The highest BCUT2D eigenvalue weighted by atomic mass is 16.2. The van der Waals surface area contributed by atoms with Crippen molar-refractivity contribution in [3.8, 4) is 0 Å². The van der Waals surface area contributed by atoms with Crippen molar-refractivity contribution in [1.29, 1.82) is 0 Å². The van der Waals surface area contributed by atoms with E-state index >= 15 is 0 Å². The van der Waals surface area contributed by atoms with Gasteiger partial charge in [0.1, 0.15) is 0 Å². The molecule has 5 rings (SSSR count). The molecule has 0 spiro atoms. The molecule has 2 fully saturated rings. The van der Waals surface area contributed by atoms with Crippen LogP contribution in [0, 0.1) is 5.41 Å². The predicted octanol–water partition coefficient (Wildman–Crippen LogP) is 3.81. The molecule has 0 unspecified atom stereocenters. The predicted molar refractivity (Wildman–Crippen MR) is 126 cm³/mol. The molecule has 0 aromatic heterocycles. The highest BCUT2D eigenvalue weighted by molar-refractivity contribution is 6.03. The Morgan fingerprint density at radius 2 is 1.03 bits per heavy atom. The van der Waals surface area contributed by atoms with E-state index in [1.807, 2.05) is 73.7 Å². The van der Waals surface area contributed by atoms with Gasteiger partial charge in [-0.1, -0.05) is 66.7 Å². The van der Waals surface area contributed by atoms with E-state index in [-0.39, 0.29) is 43.8 Å². The van der Waals surface area contributed by atoms with Gasteiger partial charge < -0.3 is 9.80 Å². The number of piperidine rings is 2. The molecule has 5 heteroatoms. The van der Waals surface area contributed by atoms with Crippen molar-refractivity contribution in [3.63, 3.8) is 0 Å². The summed E-state index contributed by atoms with van der Waals surface area (Å²) in [5.74, 6) is -0.0645. The fourth-order valence-electron chi connectivity index (χ4n) is 5.46. The van der Waals surface area contributed by atoms with Crippen molar-refractivity contribution < 1.29 is 14.4 Å². The topological polar surface area (TPSA) is 57.7 Å². The van der Waals surface area contributed by atoms with E-state index in [0.717, 1.165) is 5.56 Å². The van der Waals surface area contributed by atoms with Gasteiger partial charge in [-0.2, -0.15) is 0 Å². The number of carbonyl (C=O) groups excluding carboxylic acids is 3. The van der Waals surface area contributed by atoms with E-state index in [1.165, 1.54) is 0 Å². The van der Waals surface area contributed by atoms with Gasteiger partial charge in [0.15, 0.2) is 5.78 Å². The molecule has 166 valence electrons. The van der Waals surface area contributed by atoms with Crippen molar-refractivity contribution in [2.75, 3.05) is 26.2 Å². The van der Waals surface area contributed by atoms with Crippen molar-refractivity contribution >= 4 is 17.6 Å². The lowest BCUT2D eigenvalue weighted by Gasteiger charge is -2.56. The van der Waals surface area contributed by atoms with Crippen LogP contribution in [0.1, 0.15) is 33.2 Å². The molecule has 2 heterocycles. The molecule has 3 aromatic carbocycles. The third-order valence-electron chi connectivity index (χ3n) is 6.93. The van der Waals surface area contributed by atoms with Gasteiger partial charge in [-0.25, -0.2) is 0 Å². The molecule has 2 bridgehead atoms. The molecular formula is C28H26N2O3. The maximum absolute atomic E-state index is 14.0. The zero-order valence-electron chi connectivity index (χ0n) is 18.6. The summed E-state index contributed by atoms with van der Waals surface area (Å²) in [5, 5.41) is 0. The molecular weight excluding hydrogens is 412 g/mol. The summed E-state index contributed by atoms with van der Waals surface area (Å²) in [6.07, 6.45) is 0. The molecule has 33 heavy (non-hydrogen) atoms. The van der Waals surface area contributed by atoms with Gasteiger partial charge in [0.2, 0.25) is 0 Å². The van der Waals surface area contributed by atoms with E-state index in [9.17, 15) is 14.4 Å². The zero-order chi connectivity index (χ0) is 23.1. The van der Waals surface area contributed by atoms with Crippen LogP contribution in [0.4, 0.5) is 0 Å². The Bertz CT molecular complexity index is 1130. The first-order chi connectivity index (χ1) is 15.9. The van der Waals surface area contributed by atoms with Gasteiger partial charge in [-0.15, -0.1) is 0 Å². The zero-order valence-corrected chi connectivity index (χ0v) is 18.6. The second-order valence-electron chi connectivity index (χ2n) is 9.39. The second kappa shape index (κ2) is 8.00. The van der Waals surface area contributed by atoms with Gasteiger partial charge in [-0.3, -0.25) is 14.4 Å². The van der Waals surface area contributed by atoms with Gasteiger partial charge in [0.05, 0.1) is 10.8 Å². The number of likely N-dealkylation sites (tertiary alicyclic amines) is 2. The minimum Gasteiger partial charge on any atom is -0.336 e. The number of Topliss-reactive ketones (excluding diaryl/α,β-unsaturated/α-hetero) is 1. The van der Waals surface area contributed by atoms with Crippen molar-refractivity contribution in [2.24, 2.45) is 5.41 Å². The molecule has 0 aliphatic carbocycles. The maximum atomic E-state index is 14.0. The summed E-state index contributed by atoms with van der Waals surface area (Å²) in [5.41, 5.74) is 0.225. The molecule has 2 amide bonds. The number of hydrogen-bond acceptors (Lipinski definition) is 3. The average Bonchev–Trinajstić information content (AvgIpc) is 2.86. The number of ketones is 1. The highest BCUT2D eigenvalue weighted by Gasteiger charge is 2.60. The fourth-order valence-corrected chi connectivity index (χ4v) is 5.46. The molecule has 0 saturated carbocycles. The van der Waals surface area contributed by atoms with Crippen LogP contribution in [0.2, 0.25) is 0 Å². The Hall–Kier alpha value is -3.73. The first-order valence-corrected chi connectivity index (χ1v) is 11.2. The van der Waals surface area contributed by atoms with Crippen LogP contribution in [0.15, 0.2) is 91.0 Å². The lowest BCUT2D eigenvalue weighted by Crippen LogP contribution is -2.72. The van der Waals surface area contributed by atoms with Crippen LogP contribution < -0.4 is 0 Å². The summed E-state index contributed by atoms with van der Waals surface area (Å²) in [6, 6.07) is 28.0. The summed E-state index contributed by atoms with van der Waals surface area (Å²) in [6.45, 7) is 2.96. The number of rotatable bonds is 3. The smallest absolute Gasteiger partial charge is 0.253 e. The van der Waals surface area contributed by atoms with E-state index in [0.29, 0.717) is 11.1 Å². The number of carbonyl (C=O) groups is 3. The standard InChI is InChI=1S/C28H26N2O3/c1-27-17-29(24(31)21-11-5-2-6-12-21)19-28(26(27)33,23-15-9-4-10-16-23)20-30(18-27)25(32)22-13-7-3-8-14-22/h2-16H,17-20H2,1H3. The van der Waals surface area contributed by atoms with Gasteiger partial charge in [0, 0.05) is 37.3 Å². The van der Waals surface area contributed by atoms with Crippen molar-refractivity contribution in [3.05, 3.63) is 108 Å². The first-order valence-electron chi connectivity index (χ1n) is 11.2. The molecule has 5 nitrogen and oxygen atoms in total. The van der Waals surface area contributed by atoms with Gasteiger partial charge >= 0.3 is 0 Å². The van der Waals surface area contributed by atoms with E-state index < -0.39 is 10.8 Å². The van der Waals surface area contributed by atoms with Crippen LogP contribution >= 0.6 is 0 Å². The third kappa shape index (κ3) is 3.54. The summed E-state index contributed by atoms with van der Waals surface area (Å²) in [4.78, 5) is 44.4. The van der Waals surface area contributed by atoms with Gasteiger partial charge in [0.25, 0.3) is 11.8 Å². The van der Waals surface area contributed by atoms with Crippen molar-refractivity contribution in [1.82, 2.24) is 9.80 Å². The molecule has 0 N–H and O–H groups in total. The Balaban J connectivity index is 1.58. The van der Waals surface area contributed by atoms with Crippen LogP contribution in [0.5, 0.6) is 0 Å². The lowest BCUT2D eigenvalue weighted by molar-refractivity contribution is -0.146. The van der Waals surface area contributed by atoms with Gasteiger partial charge in [-0.05, 0) is 36.8 Å². The van der Waals surface area contributed by atoms with E-state index in [4.69, 9.17) is 0 Å². The number of benzene rings is 3. The fraction of sp³-hybridized carbons (Fsp3) is 0.250. The van der Waals surface area contributed by atoms with Crippen LogP contribution in [-0.2, 0) is 10.2 Å². The maximum Gasteiger partial charge on any atom is 0.253 e. The van der Waals surface area contributed by atoms with Crippen molar-refractivity contribution in [2.45, 2.75) is 12.3 Å². The third-order valence-corrected chi connectivity index (χ3v) is 6.93. The largest absolute Gasteiger partial charge is 0.336 e. The highest BCUT2D eigenvalue weighted by Crippen LogP contribution is 2.45. The number of nitrogens with zero attached hydrogens (tertiary/aromatic N) is 2. The normalized spacial score (nSPS) is 24.5. The average molecular weight is 439 g/mol. The Morgan fingerprint density at radius 1 is 0.636 bits per heavy atom. The SMILES string of the molecule is CC12CN(C(=O)c3ccccc3)CC(c3ccccc3)(CN(C(=O)c3ccccc3)C1)C2=O. The number of hydrogen-bond donors (Lipinski definition) is 0. The molecule has 2 aliphatic heterocycles. The second-order valence-corrected chi connectivity index (χ2v) is 9.39. The number of fused-ring (bicyclic) bond motifs is 2. The first kappa shape index (κ1) is 21.1. The summed E-state index contributed by atoms with van der Waals surface area (Å²) in [7, 11) is 0.